The molecule has 1 atom stereocenters. The number of hydrogen-bond donors (Lipinski definition) is 3. The maximum absolute atomic E-state index is 13.2. The van der Waals surface area contributed by atoms with Crippen molar-refractivity contribution in [3.8, 4) is 0 Å². The number of unbranched alkanes of at least 4 members (excludes halogenated alkanes) is 1. The Balaban J connectivity index is 1.42. The van der Waals surface area contributed by atoms with E-state index < -0.39 is 0 Å². The number of aliphatic hydroxyl groups excluding tert-OH is 1. The van der Waals surface area contributed by atoms with E-state index >= 15 is 0 Å². The second kappa shape index (κ2) is 7.77. The first-order valence-corrected chi connectivity index (χ1v) is 8.59. The van der Waals surface area contributed by atoms with Crippen LogP contribution in [0.5, 0.6) is 0 Å². The minimum Gasteiger partial charge on any atom is -0.395 e. The van der Waals surface area contributed by atoms with Gasteiger partial charge in [0.15, 0.2) is 0 Å². The van der Waals surface area contributed by atoms with E-state index in [1.807, 2.05) is 0 Å². The number of H-pyrrole nitrogens is 1. The summed E-state index contributed by atoms with van der Waals surface area (Å²) < 4.78 is 13.2. The van der Waals surface area contributed by atoms with E-state index in [0.717, 1.165) is 44.3 Å². The quantitative estimate of drug-likeness (QED) is 0.681. The zero-order valence-electron chi connectivity index (χ0n) is 13.7. The molecule has 24 heavy (non-hydrogen) atoms. The number of aliphatic hydroxyl groups is 1. The minimum absolute atomic E-state index is 0.166. The molecule has 2 aromatic rings. The molecule has 130 valence electrons. The number of amides is 1. The Labute approximate surface area is 140 Å². The Kier molecular flexibility index (Phi) is 5.48. The summed E-state index contributed by atoms with van der Waals surface area (Å²) in [4.78, 5) is 17.5. The summed E-state index contributed by atoms with van der Waals surface area (Å²) in [6, 6.07) is 6.40. The first kappa shape index (κ1) is 16.9. The molecule has 3 N–H and O–H groups in total. The van der Waals surface area contributed by atoms with Crippen LogP contribution in [0.15, 0.2) is 24.3 Å². The van der Waals surface area contributed by atoms with Crippen LogP contribution in [0, 0.1) is 5.82 Å². The summed E-state index contributed by atoms with van der Waals surface area (Å²) in [5.74, 6) is -0.474. The molecule has 1 saturated heterocycles. The largest absolute Gasteiger partial charge is 0.395 e. The van der Waals surface area contributed by atoms with Crippen molar-refractivity contribution in [2.75, 3.05) is 26.2 Å². The summed E-state index contributed by atoms with van der Waals surface area (Å²) in [5.41, 5.74) is 1.21. The smallest absolute Gasteiger partial charge is 0.267 e. The molecule has 0 saturated carbocycles. The van der Waals surface area contributed by atoms with E-state index in [9.17, 15) is 14.3 Å². The van der Waals surface area contributed by atoms with Gasteiger partial charge in [-0.05, 0) is 63.0 Å². The molecule has 0 radical (unpaired) electrons. The molecule has 5 nitrogen and oxygen atoms in total. The van der Waals surface area contributed by atoms with Crippen LogP contribution in [-0.2, 0) is 0 Å². The Morgan fingerprint density at radius 1 is 1.38 bits per heavy atom. The van der Waals surface area contributed by atoms with Gasteiger partial charge in [0.25, 0.3) is 5.91 Å². The first-order chi connectivity index (χ1) is 11.7. The topological polar surface area (TPSA) is 68.4 Å². The second-order valence-electron chi connectivity index (χ2n) is 6.39. The van der Waals surface area contributed by atoms with Crippen molar-refractivity contribution >= 4 is 16.8 Å². The van der Waals surface area contributed by atoms with E-state index in [1.165, 1.54) is 12.1 Å². The fourth-order valence-electron chi connectivity index (χ4n) is 3.36. The average Bonchev–Trinajstić information content (AvgIpc) is 3.20. The molecule has 1 aliphatic heterocycles. The van der Waals surface area contributed by atoms with Crippen LogP contribution < -0.4 is 5.32 Å². The lowest BCUT2D eigenvalue weighted by atomic mass is 10.2. The van der Waals surface area contributed by atoms with Crippen molar-refractivity contribution in [2.45, 2.75) is 31.7 Å². The predicted molar refractivity (Wildman–Crippen MR) is 91.5 cm³/mol. The van der Waals surface area contributed by atoms with Gasteiger partial charge in [-0.3, -0.25) is 9.69 Å². The van der Waals surface area contributed by atoms with Gasteiger partial charge < -0.3 is 15.4 Å². The van der Waals surface area contributed by atoms with Crippen LogP contribution in [0.3, 0.4) is 0 Å². The number of hydrogen-bond acceptors (Lipinski definition) is 3. The van der Waals surface area contributed by atoms with Crippen molar-refractivity contribution < 1.29 is 14.3 Å². The van der Waals surface area contributed by atoms with E-state index in [-0.39, 0.29) is 18.3 Å². The number of aromatic nitrogens is 1. The Bertz CT molecular complexity index is 701. The standard InChI is InChI=1S/C18H24FN3O2/c19-14-5-6-16-13(10-14)11-17(21-16)18(24)20-7-1-2-8-22-9-3-4-15(22)12-23/h5-6,10-11,15,21,23H,1-4,7-9,12H2,(H,20,24). The molecular weight excluding hydrogens is 309 g/mol. The van der Waals surface area contributed by atoms with Crippen LogP contribution >= 0.6 is 0 Å². The highest BCUT2D eigenvalue weighted by Crippen LogP contribution is 2.17. The minimum atomic E-state index is -0.309. The molecule has 1 amide bonds. The average molecular weight is 333 g/mol. The molecule has 1 unspecified atom stereocenters. The highest BCUT2D eigenvalue weighted by atomic mass is 19.1. The number of likely N-dealkylation sites (tertiary alicyclic amines) is 1. The van der Waals surface area contributed by atoms with Crippen molar-refractivity contribution in [1.82, 2.24) is 15.2 Å². The van der Waals surface area contributed by atoms with E-state index in [1.54, 1.807) is 12.1 Å². The highest BCUT2D eigenvalue weighted by molar-refractivity contribution is 5.97. The van der Waals surface area contributed by atoms with Crippen molar-refractivity contribution in [2.24, 2.45) is 0 Å². The lowest BCUT2D eigenvalue weighted by Crippen LogP contribution is -2.33. The molecule has 1 aromatic heterocycles. The normalized spacial score (nSPS) is 18.3. The van der Waals surface area contributed by atoms with Crippen molar-refractivity contribution in [3.63, 3.8) is 0 Å². The van der Waals surface area contributed by atoms with Crippen molar-refractivity contribution in [3.05, 3.63) is 35.8 Å². The molecule has 0 aliphatic carbocycles. The van der Waals surface area contributed by atoms with Gasteiger partial charge in [0.05, 0.1) is 6.61 Å². The molecule has 0 bridgehead atoms. The Morgan fingerprint density at radius 2 is 2.25 bits per heavy atom. The molecule has 1 aliphatic rings. The van der Waals surface area contributed by atoms with E-state index in [4.69, 9.17) is 0 Å². The molecule has 1 fully saturated rings. The molecule has 0 spiro atoms. The third-order valence-electron chi connectivity index (χ3n) is 4.69. The number of rotatable bonds is 7. The van der Waals surface area contributed by atoms with Gasteiger partial charge in [-0.1, -0.05) is 0 Å². The fraction of sp³-hybridized carbons (Fsp3) is 0.500. The van der Waals surface area contributed by atoms with Crippen LogP contribution in [-0.4, -0.2) is 53.2 Å². The van der Waals surface area contributed by atoms with Crippen LogP contribution in [0.1, 0.15) is 36.2 Å². The summed E-state index contributed by atoms with van der Waals surface area (Å²) in [5, 5.41) is 12.9. The Morgan fingerprint density at radius 3 is 3.08 bits per heavy atom. The number of benzene rings is 1. The number of nitrogens with zero attached hydrogens (tertiary/aromatic N) is 1. The zero-order valence-corrected chi connectivity index (χ0v) is 13.7. The van der Waals surface area contributed by atoms with Gasteiger partial charge in [0.2, 0.25) is 0 Å². The monoisotopic (exact) mass is 333 g/mol. The van der Waals surface area contributed by atoms with E-state index in [2.05, 4.69) is 15.2 Å². The maximum Gasteiger partial charge on any atom is 0.267 e. The predicted octanol–water partition coefficient (Wildman–Crippen LogP) is 2.27. The summed E-state index contributed by atoms with van der Waals surface area (Å²) in [6.45, 7) is 2.87. The Hall–Kier alpha value is -1.92. The number of carbonyl (C=O) groups is 1. The number of halogens is 1. The summed E-state index contributed by atoms with van der Waals surface area (Å²) in [7, 11) is 0. The first-order valence-electron chi connectivity index (χ1n) is 8.59. The molecule has 6 heteroatoms. The van der Waals surface area contributed by atoms with Gasteiger partial charge in [0, 0.05) is 23.5 Å². The number of nitrogens with one attached hydrogen (secondary N) is 2. The third kappa shape index (κ3) is 3.94. The molecule has 2 heterocycles. The van der Waals surface area contributed by atoms with Crippen LogP contribution in [0.2, 0.25) is 0 Å². The molecule has 3 rings (SSSR count). The number of fused-ring (bicyclic) bond motifs is 1. The lowest BCUT2D eigenvalue weighted by molar-refractivity contribution is 0.0948. The number of carbonyl (C=O) groups excluding carboxylic acids is 1. The van der Waals surface area contributed by atoms with Gasteiger partial charge in [0.1, 0.15) is 11.5 Å². The van der Waals surface area contributed by atoms with Gasteiger partial charge in [-0.25, -0.2) is 4.39 Å². The highest BCUT2D eigenvalue weighted by Gasteiger charge is 2.22. The lowest BCUT2D eigenvalue weighted by Gasteiger charge is -2.22. The second-order valence-corrected chi connectivity index (χ2v) is 6.39. The third-order valence-corrected chi connectivity index (χ3v) is 4.69. The molecule has 1 aromatic carbocycles. The zero-order chi connectivity index (χ0) is 16.9. The van der Waals surface area contributed by atoms with Gasteiger partial charge in [-0.15, -0.1) is 0 Å². The van der Waals surface area contributed by atoms with Crippen LogP contribution in [0.25, 0.3) is 10.9 Å². The summed E-state index contributed by atoms with van der Waals surface area (Å²) >= 11 is 0. The van der Waals surface area contributed by atoms with Crippen molar-refractivity contribution in [1.29, 1.82) is 0 Å². The van der Waals surface area contributed by atoms with E-state index in [0.29, 0.717) is 23.7 Å². The van der Waals surface area contributed by atoms with Gasteiger partial charge >= 0.3 is 0 Å². The van der Waals surface area contributed by atoms with Gasteiger partial charge in [-0.2, -0.15) is 0 Å². The maximum atomic E-state index is 13.2. The molecular formula is C18H24FN3O2. The number of aromatic amines is 1. The van der Waals surface area contributed by atoms with Crippen LogP contribution in [0.4, 0.5) is 4.39 Å². The fourth-order valence-corrected chi connectivity index (χ4v) is 3.36. The SMILES string of the molecule is O=C(NCCCCN1CCCC1CO)c1cc2cc(F)ccc2[nH]1. The summed E-state index contributed by atoms with van der Waals surface area (Å²) in [6.07, 6.45) is 4.13.